The lowest BCUT2D eigenvalue weighted by molar-refractivity contribution is -0.0648. The summed E-state index contributed by atoms with van der Waals surface area (Å²) in [5.41, 5.74) is 0.904. The SMILES string of the molecule is COc1ccc(F)c(CN2C[C@@H]3CCC[C@@](O)(c4ccccc4)[C@@H]3C2)c1. The standard InChI is InChI=1S/C22H26FNO2/c1-26-19-9-10-21(23)17(12-19)14-24-13-16-6-5-11-22(25,20(16)15-24)18-7-3-2-4-8-18/h2-4,7-10,12,16,20,25H,5-6,11,13-15H2,1H3/t16-,20+,22+/m0/s1. The molecule has 138 valence electrons. The van der Waals surface area contributed by atoms with E-state index in [1.54, 1.807) is 19.2 Å². The number of halogens is 1. The Hall–Kier alpha value is -1.91. The Morgan fingerprint density at radius 1 is 1.19 bits per heavy atom. The lowest BCUT2D eigenvalue weighted by atomic mass is 9.67. The lowest BCUT2D eigenvalue weighted by Crippen LogP contribution is -2.42. The van der Waals surface area contributed by atoms with Gasteiger partial charge in [0.15, 0.2) is 0 Å². The molecule has 1 saturated carbocycles. The van der Waals surface area contributed by atoms with Crippen LogP contribution in [0, 0.1) is 17.7 Å². The van der Waals surface area contributed by atoms with Crippen LogP contribution in [0.2, 0.25) is 0 Å². The molecule has 1 N–H and O–H groups in total. The molecule has 0 spiro atoms. The van der Waals surface area contributed by atoms with Crippen LogP contribution in [0.25, 0.3) is 0 Å². The maximum atomic E-state index is 14.2. The number of ether oxygens (including phenoxy) is 1. The van der Waals surface area contributed by atoms with Gasteiger partial charge in [0.1, 0.15) is 11.6 Å². The second-order valence-electron chi connectivity index (χ2n) is 7.70. The van der Waals surface area contributed by atoms with E-state index in [1.807, 2.05) is 30.3 Å². The first kappa shape index (κ1) is 17.5. The molecular weight excluding hydrogens is 329 g/mol. The third-order valence-electron chi connectivity index (χ3n) is 6.18. The zero-order chi connectivity index (χ0) is 18.1. The predicted molar refractivity (Wildman–Crippen MR) is 99.4 cm³/mol. The van der Waals surface area contributed by atoms with Gasteiger partial charge < -0.3 is 9.84 Å². The topological polar surface area (TPSA) is 32.7 Å². The van der Waals surface area contributed by atoms with Crippen molar-refractivity contribution in [1.29, 1.82) is 0 Å². The summed E-state index contributed by atoms with van der Waals surface area (Å²) in [6.07, 6.45) is 2.98. The molecule has 2 aromatic carbocycles. The largest absolute Gasteiger partial charge is 0.497 e. The summed E-state index contributed by atoms with van der Waals surface area (Å²) >= 11 is 0. The highest BCUT2D eigenvalue weighted by molar-refractivity contribution is 5.30. The summed E-state index contributed by atoms with van der Waals surface area (Å²) < 4.78 is 19.4. The van der Waals surface area contributed by atoms with Crippen molar-refractivity contribution in [3.8, 4) is 5.75 Å². The van der Waals surface area contributed by atoms with Crippen molar-refractivity contribution in [3.63, 3.8) is 0 Å². The predicted octanol–water partition coefficient (Wildman–Crippen LogP) is 3.95. The fourth-order valence-electron chi connectivity index (χ4n) is 4.87. The number of fused-ring (bicyclic) bond motifs is 1. The van der Waals surface area contributed by atoms with Gasteiger partial charge in [-0.3, -0.25) is 4.90 Å². The highest BCUT2D eigenvalue weighted by atomic mass is 19.1. The van der Waals surface area contributed by atoms with Gasteiger partial charge in [-0.2, -0.15) is 0 Å². The summed E-state index contributed by atoms with van der Waals surface area (Å²) in [7, 11) is 1.60. The minimum atomic E-state index is -0.772. The van der Waals surface area contributed by atoms with Crippen LogP contribution in [-0.4, -0.2) is 30.2 Å². The van der Waals surface area contributed by atoms with E-state index >= 15 is 0 Å². The van der Waals surface area contributed by atoms with E-state index < -0.39 is 5.60 Å². The number of likely N-dealkylation sites (tertiary alicyclic amines) is 1. The van der Waals surface area contributed by atoms with Gasteiger partial charge in [0.2, 0.25) is 0 Å². The zero-order valence-corrected chi connectivity index (χ0v) is 15.2. The number of aliphatic hydroxyl groups is 1. The second-order valence-corrected chi connectivity index (χ2v) is 7.70. The normalized spacial score (nSPS) is 28.7. The Kier molecular flexibility index (Phi) is 4.72. The third-order valence-corrected chi connectivity index (χ3v) is 6.18. The minimum Gasteiger partial charge on any atom is -0.497 e. The number of rotatable bonds is 4. The smallest absolute Gasteiger partial charge is 0.127 e. The molecule has 0 bridgehead atoms. The second kappa shape index (κ2) is 7.01. The summed E-state index contributed by atoms with van der Waals surface area (Å²) in [6, 6.07) is 14.9. The molecule has 2 aromatic rings. The summed E-state index contributed by atoms with van der Waals surface area (Å²) in [5, 5.41) is 11.5. The molecule has 4 heteroatoms. The molecule has 0 unspecified atom stereocenters. The number of benzene rings is 2. The van der Waals surface area contributed by atoms with E-state index in [9.17, 15) is 9.50 Å². The van der Waals surface area contributed by atoms with E-state index in [1.165, 1.54) is 6.07 Å². The van der Waals surface area contributed by atoms with Crippen molar-refractivity contribution in [3.05, 3.63) is 65.5 Å². The molecule has 0 aromatic heterocycles. The third kappa shape index (κ3) is 3.12. The van der Waals surface area contributed by atoms with Gasteiger partial charge in [-0.25, -0.2) is 4.39 Å². The molecule has 3 atom stereocenters. The Balaban J connectivity index is 1.55. The first-order chi connectivity index (χ1) is 12.6. The maximum absolute atomic E-state index is 14.2. The van der Waals surface area contributed by atoms with Crippen LogP contribution >= 0.6 is 0 Å². The van der Waals surface area contributed by atoms with Crippen molar-refractivity contribution in [2.75, 3.05) is 20.2 Å². The van der Waals surface area contributed by atoms with Crippen LogP contribution in [0.1, 0.15) is 30.4 Å². The first-order valence-electron chi connectivity index (χ1n) is 9.43. The van der Waals surface area contributed by atoms with Crippen LogP contribution in [0.5, 0.6) is 5.75 Å². The van der Waals surface area contributed by atoms with Crippen LogP contribution in [0.3, 0.4) is 0 Å². The molecule has 1 aliphatic heterocycles. The van der Waals surface area contributed by atoms with Crippen molar-refractivity contribution >= 4 is 0 Å². The molecule has 1 aliphatic carbocycles. The Labute approximate surface area is 154 Å². The maximum Gasteiger partial charge on any atom is 0.127 e. The highest BCUT2D eigenvalue weighted by Crippen LogP contribution is 2.48. The fraction of sp³-hybridized carbons (Fsp3) is 0.455. The van der Waals surface area contributed by atoms with E-state index in [0.29, 0.717) is 23.8 Å². The van der Waals surface area contributed by atoms with Gasteiger partial charge in [0, 0.05) is 31.1 Å². The van der Waals surface area contributed by atoms with Crippen molar-refractivity contribution < 1.29 is 14.2 Å². The zero-order valence-electron chi connectivity index (χ0n) is 15.2. The fourth-order valence-corrected chi connectivity index (χ4v) is 4.87. The number of hydrogen-bond acceptors (Lipinski definition) is 3. The molecule has 2 fully saturated rings. The Morgan fingerprint density at radius 3 is 2.77 bits per heavy atom. The Bertz CT molecular complexity index is 766. The number of nitrogens with zero attached hydrogens (tertiary/aromatic N) is 1. The van der Waals surface area contributed by atoms with Gasteiger partial charge in [-0.1, -0.05) is 30.3 Å². The molecule has 1 heterocycles. The molecule has 2 aliphatic rings. The average Bonchev–Trinajstić information content (AvgIpc) is 3.08. The molecule has 26 heavy (non-hydrogen) atoms. The van der Waals surface area contributed by atoms with Gasteiger partial charge in [-0.05, 0) is 48.9 Å². The lowest BCUT2D eigenvalue weighted by Gasteiger charge is -2.41. The van der Waals surface area contributed by atoms with E-state index in [4.69, 9.17) is 4.74 Å². The highest BCUT2D eigenvalue weighted by Gasteiger charge is 2.49. The molecule has 0 radical (unpaired) electrons. The van der Waals surface area contributed by atoms with Crippen molar-refractivity contribution in [2.45, 2.75) is 31.4 Å². The number of hydrogen-bond donors (Lipinski definition) is 1. The monoisotopic (exact) mass is 355 g/mol. The summed E-state index contributed by atoms with van der Waals surface area (Å²) in [6.45, 7) is 2.27. The van der Waals surface area contributed by atoms with Crippen LogP contribution < -0.4 is 4.74 Å². The molecule has 1 saturated heterocycles. The van der Waals surface area contributed by atoms with Gasteiger partial charge in [0.25, 0.3) is 0 Å². The van der Waals surface area contributed by atoms with Crippen molar-refractivity contribution in [1.82, 2.24) is 4.90 Å². The van der Waals surface area contributed by atoms with E-state index in [-0.39, 0.29) is 11.7 Å². The minimum absolute atomic E-state index is 0.195. The molecule has 3 nitrogen and oxygen atoms in total. The van der Waals surface area contributed by atoms with Gasteiger partial charge in [-0.15, -0.1) is 0 Å². The number of methoxy groups -OCH3 is 1. The van der Waals surface area contributed by atoms with E-state index in [0.717, 1.165) is 37.9 Å². The summed E-state index contributed by atoms with van der Waals surface area (Å²) in [4.78, 5) is 2.28. The summed E-state index contributed by atoms with van der Waals surface area (Å²) in [5.74, 6) is 1.15. The average molecular weight is 355 g/mol. The molecule has 0 amide bonds. The molecule has 4 rings (SSSR count). The van der Waals surface area contributed by atoms with Crippen molar-refractivity contribution in [2.24, 2.45) is 11.8 Å². The van der Waals surface area contributed by atoms with Crippen LogP contribution in [0.4, 0.5) is 4.39 Å². The first-order valence-corrected chi connectivity index (χ1v) is 9.43. The molecular formula is C22H26FNO2. The quantitative estimate of drug-likeness (QED) is 0.901. The van der Waals surface area contributed by atoms with Gasteiger partial charge >= 0.3 is 0 Å². The van der Waals surface area contributed by atoms with Crippen LogP contribution in [0.15, 0.2) is 48.5 Å². The van der Waals surface area contributed by atoms with E-state index in [2.05, 4.69) is 4.90 Å². The van der Waals surface area contributed by atoms with Crippen LogP contribution in [-0.2, 0) is 12.1 Å². The van der Waals surface area contributed by atoms with Gasteiger partial charge in [0.05, 0.1) is 12.7 Å². The Morgan fingerprint density at radius 2 is 2.00 bits per heavy atom.